The summed E-state index contributed by atoms with van der Waals surface area (Å²) in [6.07, 6.45) is 70.3. The van der Waals surface area contributed by atoms with E-state index in [0.29, 0.717) is 19.3 Å². The maximum Gasteiger partial charge on any atom is 0.306 e. The highest BCUT2D eigenvalue weighted by Gasteiger charge is 2.19. The molecule has 0 radical (unpaired) electrons. The van der Waals surface area contributed by atoms with E-state index in [1.807, 2.05) is 0 Å². The van der Waals surface area contributed by atoms with Crippen molar-refractivity contribution in [1.29, 1.82) is 0 Å². The Morgan fingerprint density at radius 3 is 0.955 bits per heavy atom. The first-order valence-corrected chi connectivity index (χ1v) is 28.4. The second kappa shape index (κ2) is 55.4. The van der Waals surface area contributed by atoms with Crippen LogP contribution in [-0.4, -0.2) is 37.2 Å². The Bertz CT molecular complexity index is 1260. The second-order valence-electron chi connectivity index (χ2n) is 18.8. The number of esters is 3. The molecular formula is C61H106O6. The van der Waals surface area contributed by atoms with Crippen LogP contribution in [0.25, 0.3) is 0 Å². The summed E-state index contributed by atoms with van der Waals surface area (Å²) in [5, 5.41) is 0. The van der Waals surface area contributed by atoms with Gasteiger partial charge in [0.1, 0.15) is 13.2 Å². The third kappa shape index (κ3) is 53.7. The average Bonchev–Trinajstić information content (AvgIpc) is 3.33. The van der Waals surface area contributed by atoms with Crippen LogP contribution in [0.2, 0.25) is 0 Å². The van der Waals surface area contributed by atoms with Gasteiger partial charge in [-0.3, -0.25) is 14.4 Å². The first kappa shape index (κ1) is 63.8. The highest BCUT2D eigenvalue weighted by molar-refractivity contribution is 5.71. The molecular weight excluding hydrogens is 829 g/mol. The van der Waals surface area contributed by atoms with Gasteiger partial charge in [0.25, 0.3) is 0 Å². The molecule has 0 N–H and O–H groups in total. The summed E-state index contributed by atoms with van der Waals surface area (Å²) in [5.74, 6) is -0.892. The van der Waals surface area contributed by atoms with Crippen molar-refractivity contribution in [2.24, 2.45) is 0 Å². The number of unbranched alkanes of at least 4 members (excludes halogenated alkanes) is 28. The molecule has 6 heteroatoms. The highest BCUT2D eigenvalue weighted by atomic mass is 16.6. The summed E-state index contributed by atoms with van der Waals surface area (Å²) in [4.78, 5) is 38.1. The smallest absolute Gasteiger partial charge is 0.306 e. The van der Waals surface area contributed by atoms with E-state index in [9.17, 15) is 14.4 Å². The molecule has 0 heterocycles. The molecule has 0 aromatic rings. The van der Waals surface area contributed by atoms with E-state index in [2.05, 4.69) is 93.7 Å². The molecule has 0 aliphatic carbocycles. The van der Waals surface area contributed by atoms with E-state index in [0.717, 1.165) is 103 Å². The van der Waals surface area contributed by atoms with Crippen molar-refractivity contribution < 1.29 is 28.6 Å². The van der Waals surface area contributed by atoms with Crippen molar-refractivity contribution in [3.63, 3.8) is 0 Å². The molecule has 1 atom stereocenters. The zero-order valence-corrected chi connectivity index (χ0v) is 44.2. The van der Waals surface area contributed by atoms with E-state index in [1.54, 1.807) is 0 Å². The van der Waals surface area contributed by atoms with Crippen molar-refractivity contribution in [3.05, 3.63) is 72.9 Å². The molecule has 0 aromatic heterocycles. The van der Waals surface area contributed by atoms with Gasteiger partial charge in [-0.25, -0.2) is 0 Å². The Kier molecular flexibility index (Phi) is 52.8. The lowest BCUT2D eigenvalue weighted by Gasteiger charge is -2.18. The molecule has 0 aromatic carbocycles. The summed E-state index contributed by atoms with van der Waals surface area (Å²) in [7, 11) is 0. The molecule has 6 nitrogen and oxygen atoms in total. The van der Waals surface area contributed by atoms with Gasteiger partial charge >= 0.3 is 17.9 Å². The number of hydrogen-bond acceptors (Lipinski definition) is 6. The molecule has 0 amide bonds. The van der Waals surface area contributed by atoms with E-state index in [1.165, 1.54) is 135 Å². The third-order valence-electron chi connectivity index (χ3n) is 12.2. The minimum absolute atomic E-state index is 0.0811. The quantitative estimate of drug-likeness (QED) is 0.0262. The molecule has 386 valence electrons. The second-order valence-corrected chi connectivity index (χ2v) is 18.8. The summed E-state index contributed by atoms with van der Waals surface area (Å²) in [6.45, 7) is 6.50. The zero-order chi connectivity index (χ0) is 48.6. The number of allylic oxidation sites excluding steroid dienone is 12. The van der Waals surface area contributed by atoms with Crippen molar-refractivity contribution in [1.82, 2.24) is 0 Å². The van der Waals surface area contributed by atoms with Crippen LogP contribution in [0.15, 0.2) is 72.9 Å². The predicted molar refractivity (Wildman–Crippen MR) is 288 cm³/mol. The zero-order valence-electron chi connectivity index (χ0n) is 44.2. The van der Waals surface area contributed by atoms with E-state index in [-0.39, 0.29) is 31.1 Å². The number of carbonyl (C=O) groups is 3. The highest BCUT2D eigenvalue weighted by Crippen LogP contribution is 2.16. The van der Waals surface area contributed by atoms with Crippen LogP contribution in [0.3, 0.4) is 0 Å². The number of hydrogen-bond donors (Lipinski definition) is 0. The molecule has 0 bridgehead atoms. The van der Waals surface area contributed by atoms with E-state index < -0.39 is 6.10 Å². The molecule has 1 unspecified atom stereocenters. The van der Waals surface area contributed by atoms with E-state index >= 15 is 0 Å². The first-order chi connectivity index (χ1) is 33.0. The summed E-state index contributed by atoms with van der Waals surface area (Å²) in [5.41, 5.74) is 0. The lowest BCUT2D eigenvalue weighted by atomic mass is 10.0. The number of rotatable bonds is 51. The molecule has 67 heavy (non-hydrogen) atoms. The molecule has 0 saturated heterocycles. The van der Waals surface area contributed by atoms with Crippen LogP contribution >= 0.6 is 0 Å². The summed E-state index contributed by atoms with van der Waals surface area (Å²) >= 11 is 0. The maximum atomic E-state index is 12.8. The standard InChI is InChI=1S/C61H106O6/c1-4-7-10-13-16-19-22-25-27-28-29-30-31-32-33-34-35-37-39-42-45-48-51-54-60(63)66-57-58(56-65-59(62)53-50-47-44-41-38-24-21-18-15-12-9-6-3)67-61(64)55-52-49-46-43-40-36-26-23-20-17-14-11-8-5-2/h7,10,16,18-19,21,25,27,29-30,32-33,58H,4-6,8-9,11-15,17,20,22-24,26,28,31,34-57H2,1-3H3/b10-7-,19-16-,21-18-,27-25-,30-29-,33-32-. The van der Waals surface area contributed by atoms with Gasteiger partial charge < -0.3 is 14.2 Å². The fourth-order valence-electron chi connectivity index (χ4n) is 7.93. The Balaban J connectivity index is 4.33. The summed E-state index contributed by atoms with van der Waals surface area (Å²) < 4.78 is 16.8. The largest absolute Gasteiger partial charge is 0.462 e. The van der Waals surface area contributed by atoms with Gasteiger partial charge in [-0.15, -0.1) is 0 Å². The van der Waals surface area contributed by atoms with Gasteiger partial charge in [0.05, 0.1) is 0 Å². The third-order valence-corrected chi connectivity index (χ3v) is 12.2. The fourth-order valence-corrected chi connectivity index (χ4v) is 7.93. The van der Waals surface area contributed by atoms with Crippen LogP contribution < -0.4 is 0 Å². The average molecular weight is 936 g/mol. The molecule has 0 saturated carbocycles. The Labute approximate surface area is 414 Å². The Hall–Kier alpha value is -3.15. The van der Waals surface area contributed by atoms with Crippen molar-refractivity contribution >= 4 is 17.9 Å². The molecule has 0 spiro atoms. The first-order valence-electron chi connectivity index (χ1n) is 28.4. The monoisotopic (exact) mass is 935 g/mol. The van der Waals surface area contributed by atoms with Crippen molar-refractivity contribution in [3.8, 4) is 0 Å². The van der Waals surface area contributed by atoms with Crippen molar-refractivity contribution in [2.45, 2.75) is 284 Å². The maximum absolute atomic E-state index is 12.8. The van der Waals surface area contributed by atoms with E-state index in [4.69, 9.17) is 14.2 Å². The normalized spacial score (nSPS) is 12.6. The topological polar surface area (TPSA) is 78.9 Å². The van der Waals surface area contributed by atoms with Crippen LogP contribution in [0, 0.1) is 0 Å². The van der Waals surface area contributed by atoms with Crippen LogP contribution in [0.4, 0.5) is 0 Å². The minimum atomic E-state index is -0.781. The molecule has 0 aliphatic rings. The van der Waals surface area contributed by atoms with Gasteiger partial charge in [-0.05, 0) is 89.9 Å². The lowest BCUT2D eigenvalue weighted by molar-refractivity contribution is -0.167. The minimum Gasteiger partial charge on any atom is -0.462 e. The fraction of sp³-hybridized carbons (Fsp3) is 0.754. The van der Waals surface area contributed by atoms with Gasteiger partial charge in [0.15, 0.2) is 6.10 Å². The number of carbonyl (C=O) groups excluding carboxylic acids is 3. The number of ether oxygens (including phenoxy) is 3. The van der Waals surface area contributed by atoms with Gasteiger partial charge in [0.2, 0.25) is 0 Å². The van der Waals surface area contributed by atoms with Crippen LogP contribution in [-0.2, 0) is 28.6 Å². The molecule has 0 aliphatic heterocycles. The molecule has 0 rings (SSSR count). The van der Waals surface area contributed by atoms with Crippen LogP contribution in [0.1, 0.15) is 278 Å². The Morgan fingerprint density at radius 2 is 0.582 bits per heavy atom. The van der Waals surface area contributed by atoms with Crippen LogP contribution in [0.5, 0.6) is 0 Å². The SMILES string of the molecule is CC/C=C\C/C=C\C/C=C\C/C=C\C/C=C\CCCCCCCCCC(=O)OCC(COC(=O)CCCCCCC/C=C\CCCCC)OC(=O)CCCCCCCCCCCCCCCC. The summed E-state index contributed by atoms with van der Waals surface area (Å²) in [6, 6.07) is 0. The van der Waals surface area contributed by atoms with Gasteiger partial charge in [-0.1, -0.05) is 241 Å². The van der Waals surface area contributed by atoms with Gasteiger partial charge in [0, 0.05) is 19.3 Å². The molecule has 0 fully saturated rings. The van der Waals surface area contributed by atoms with Gasteiger partial charge in [-0.2, -0.15) is 0 Å². The predicted octanol–water partition coefficient (Wildman–Crippen LogP) is 19.0. The van der Waals surface area contributed by atoms with Crippen molar-refractivity contribution in [2.75, 3.05) is 13.2 Å². The Morgan fingerprint density at radius 1 is 0.313 bits per heavy atom. The lowest BCUT2D eigenvalue weighted by Crippen LogP contribution is -2.30.